The zero-order chi connectivity index (χ0) is 26.4. The molecule has 11 heteroatoms. The molecule has 0 aliphatic heterocycles. The molecule has 0 aliphatic rings. The number of hydrogen-bond donors (Lipinski definition) is 1. The lowest BCUT2D eigenvalue weighted by Gasteiger charge is -2.11. The number of rotatable bonds is 8. The topological polar surface area (TPSA) is 120 Å². The molecule has 0 fully saturated rings. The molecular weight excluding hydrogens is 521 g/mol. The Hall–Kier alpha value is -4.47. The molecule has 1 N–H and O–H groups in total. The second-order valence-electron chi connectivity index (χ2n) is 7.55. The number of nitrogens with one attached hydrogen (secondary N) is 1. The van der Waals surface area contributed by atoms with E-state index in [9.17, 15) is 19.7 Å². The second kappa shape index (κ2) is 11.5. The molecule has 0 saturated carbocycles. The van der Waals surface area contributed by atoms with Gasteiger partial charge in [-0.1, -0.05) is 53.5 Å². The van der Waals surface area contributed by atoms with Gasteiger partial charge in [0.05, 0.1) is 21.7 Å². The summed E-state index contributed by atoms with van der Waals surface area (Å²) >= 11 is 12.0. The van der Waals surface area contributed by atoms with E-state index in [4.69, 9.17) is 32.7 Å². The number of fused-ring (bicyclic) bond motifs is 1. The van der Waals surface area contributed by atoms with Crippen LogP contribution in [0.15, 0.2) is 84.0 Å². The number of hydrazone groups is 1. The van der Waals surface area contributed by atoms with Crippen LogP contribution in [0, 0.1) is 10.1 Å². The highest BCUT2D eigenvalue weighted by Crippen LogP contribution is 2.29. The van der Waals surface area contributed by atoms with Gasteiger partial charge in [-0.3, -0.25) is 14.9 Å². The highest BCUT2D eigenvalue weighted by Gasteiger charge is 2.16. The Kier molecular flexibility index (Phi) is 7.97. The van der Waals surface area contributed by atoms with Crippen LogP contribution in [-0.4, -0.2) is 29.6 Å². The minimum atomic E-state index is -0.688. The van der Waals surface area contributed by atoms with Crippen LogP contribution in [-0.2, 0) is 4.79 Å². The van der Waals surface area contributed by atoms with Crippen molar-refractivity contribution in [3.63, 3.8) is 0 Å². The Bertz CT molecular complexity index is 1520. The van der Waals surface area contributed by atoms with Gasteiger partial charge in [-0.25, -0.2) is 10.2 Å². The molecule has 0 atom stereocenters. The summed E-state index contributed by atoms with van der Waals surface area (Å²) in [5.74, 6) is -0.767. The van der Waals surface area contributed by atoms with Crippen LogP contribution in [0.2, 0.25) is 10.0 Å². The standard InChI is InChI=1S/C26H17Cl2N3O6/c27-17-6-11-21(23(28)13-17)26(33)37-24-12-5-16-3-1-2-4-20(16)22(24)14-29-30-25(32)15-36-19-9-7-18(8-10-19)31(34)35/h1-14H,15H2,(H,30,32). The summed E-state index contributed by atoms with van der Waals surface area (Å²) in [6.45, 7) is -0.373. The maximum atomic E-state index is 12.8. The Morgan fingerprint density at radius 2 is 1.76 bits per heavy atom. The summed E-state index contributed by atoms with van der Waals surface area (Å²) in [5.41, 5.74) is 2.84. The van der Waals surface area contributed by atoms with Gasteiger partial charge in [-0.2, -0.15) is 5.10 Å². The lowest BCUT2D eigenvalue weighted by atomic mass is 10.0. The summed E-state index contributed by atoms with van der Waals surface area (Å²) in [4.78, 5) is 35.2. The van der Waals surface area contributed by atoms with Crippen molar-refractivity contribution in [3.8, 4) is 11.5 Å². The van der Waals surface area contributed by atoms with Gasteiger partial charge in [0.25, 0.3) is 11.6 Å². The van der Waals surface area contributed by atoms with E-state index >= 15 is 0 Å². The van der Waals surface area contributed by atoms with Crippen LogP contribution in [0.3, 0.4) is 0 Å². The molecule has 0 heterocycles. The first-order chi connectivity index (χ1) is 17.8. The number of nitro groups is 1. The molecule has 37 heavy (non-hydrogen) atoms. The lowest BCUT2D eigenvalue weighted by Crippen LogP contribution is -2.24. The molecule has 4 rings (SSSR count). The molecule has 1 amide bonds. The molecular formula is C26H17Cl2N3O6. The van der Waals surface area contributed by atoms with E-state index < -0.39 is 16.8 Å². The van der Waals surface area contributed by atoms with Crippen LogP contribution in [0.25, 0.3) is 10.8 Å². The SMILES string of the molecule is O=C(COc1ccc([N+](=O)[O-])cc1)NN=Cc1c(OC(=O)c2ccc(Cl)cc2Cl)ccc2ccccc12. The number of halogens is 2. The molecule has 0 unspecified atom stereocenters. The fraction of sp³-hybridized carbons (Fsp3) is 0.0385. The predicted octanol–water partition coefficient (Wildman–Crippen LogP) is 5.80. The summed E-state index contributed by atoms with van der Waals surface area (Å²) in [6.07, 6.45) is 1.36. The third kappa shape index (κ3) is 6.40. The average Bonchev–Trinajstić information content (AvgIpc) is 2.88. The van der Waals surface area contributed by atoms with Gasteiger partial charge in [0.2, 0.25) is 0 Å². The quantitative estimate of drug-likeness (QED) is 0.0995. The highest BCUT2D eigenvalue weighted by atomic mass is 35.5. The molecule has 0 radical (unpaired) electrons. The van der Waals surface area contributed by atoms with Crippen molar-refractivity contribution in [1.29, 1.82) is 0 Å². The van der Waals surface area contributed by atoms with E-state index in [1.807, 2.05) is 24.3 Å². The normalized spacial score (nSPS) is 10.9. The van der Waals surface area contributed by atoms with Gasteiger partial charge in [0.1, 0.15) is 11.5 Å². The first kappa shape index (κ1) is 25.6. The molecule has 4 aromatic rings. The van der Waals surface area contributed by atoms with Crippen molar-refractivity contribution in [2.75, 3.05) is 6.61 Å². The lowest BCUT2D eigenvalue weighted by molar-refractivity contribution is -0.384. The predicted molar refractivity (Wildman–Crippen MR) is 140 cm³/mol. The molecule has 0 saturated heterocycles. The number of amides is 1. The number of nitrogens with zero attached hydrogens (tertiary/aromatic N) is 2. The Balaban J connectivity index is 1.49. The smallest absolute Gasteiger partial charge is 0.345 e. The maximum absolute atomic E-state index is 12.8. The molecule has 4 aromatic carbocycles. The number of esters is 1. The van der Waals surface area contributed by atoms with Crippen LogP contribution < -0.4 is 14.9 Å². The van der Waals surface area contributed by atoms with Gasteiger partial charge in [-0.05, 0) is 47.2 Å². The molecule has 186 valence electrons. The van der Waals surface area contributed by atoms with Crippen LogP contribution >= 0.6 is 23.2 Å². The first-order valence-electron chi connectivity index (χ1n) is 10.7. The summed E-state index contributed by atoms with van der Waals surface area (Å²) < 4.78 is 10.9. The molecule has 9 nitrogen and oxygen atoms in total. The van der Waals surface area contributed by atoms with Crippen LogP contribution in [0.4, 0.5) is 5.69 Å². The van der Waals surface area contributed by atoms with E-state index in [0.29, 0.717) is 10.6 Å². The van der Waals surface area contributed by atoms with Crippen molar-refractivity contribution in [3.05, 3.63) is 110 Å². The van der Waals surface area contributed by atoms with Crippen molar-refractivity contribution in [2.24, 2.45) is 5.10 Å². The van der Waals surface area contributed by atoms with E-state index in [2.05, 4.69) is 10.5 Å². The fourth-order valence-electron chi connectivity index (χ4n) is 3.32. The van der Waals surface area contributed by atoms with Gasteiger partial charge in [-0.15, -0.1) is 0 Å². The average molecular weight is 538 g/mol. The zero-order valence-corrected chi connectivity index (χ0v) is 20.4. The maximum Gasteiger partial charge on any atom is 0.345 e. The number of ether oxygens (including phenoxy) is 2. The van der Waals surface area contributed by atoms with Crippen LogP contribution in [0.5, 0.6) is 11.5 Å². The van der Waals surface area contributed by atoms with Gasteiger partial charge >= 0.3 is 5.97 Å². The van der Waals surface area contributed by atoms with Crippen LogP contribution in [0.1, 0.15) is 15.9 Å². The molecule has 0 aromatic heterocycles. The van der Waals surface area contributed by atoms with E-state index in [0.717, 1.165) is 10.8 Å². The molecule has 0 bridgehead atoms. The third-order valence-electron chi connectivity index (χ3n) is 5.08. The summed E-state index contributed by atoms with van der Waals surface area (Å²) in [7, 11) is 0. The fourth-order valence-corrected chi connectivity index (χ4v) is 3.81. The number of nitro benzene ring substituents is 1. The highest BCUT2D eigenvalue weighted by molar-refractivity contribution is 6.36. The van der Waals surface area contributed by atoms with Gasteiger partial charge in [0.15, 0.2) is 6.61 Å². The second-order valence-corrected chi connectivity index (χ2v) is 8.39. The van der Waals surface area contributed by atoms with E-state index in [1.54, 1.807) is 12.1 Å². The number of carbonyl (C=O) groups excluding carboxylic acids is 2. The largest absolute Gasteiger partial charge is 0.484 e. The van der Waals surface area contributed by atoms with Crippen molar-refractivity contribution < 1.29 is 24.0 Å². The minimum Gasteiger partial charge on any atom is -0.484 e. The van der Waals surface area contributed by atoms with Crippen molar-refractivity contribution >= 4 is 57.8 Å². The Labute approximate surface area is 220 Å². The van der Waals surface area contributed by atoms with Crippen molar-refractivity contribution in [1.82, 2.24) is 5.43 Å². The van der Waals surface area contributed by atoms with Crippen molar-refractivity contribution in [2.45, 2.75) is 0 Å². The zero-order valence-electron chi connectivity index (χ0n) is 18.9. The third-order valence-corrected chi connectivity index (χ3v) is 5.63. The van der Waals surface area contributed by atoms with Gasteiger partial charge < -0.3 is 9.47 Å². The summed E-state index contributed by atoms with van der Waals surface area (Å²) in [6, 6.07) is 20.5. The molecule has 0 spiro atoms. The van der Waals surface area contributed by atoms with Gasteiger partial charge in [0, 0.05) is 22.7 Å². The minimum absolute atomic E-state index is 0.0914. The number of hydrogen-bond acceptors (Lipinski definition) is 7. The number of carbonyl (C=O) groups is 2. The van der Waals surface area contributed by atoms with E-state index in [1.165, 1.54) is 48.7 Å². The molecule has 0 aliphatic carbocycles. The first-order valence-corrected chi connectivity index (χ1v) is 11.5. The number of benzene rings is 4. The summed E-state index contributed by atoms with van der Waals surface area (Å²) in [5, 5.41) is 16.8. The number of non-ortho nitro benzene ring substituents is 1. The Morgan fingerprint density at radius 3 is 2.49 bits per heavy atom. The monoisotopic (exact) mass is 537 g/mol. The Morgan fingerprint density at radius 1 is 1.00 bits per heavy atom. The van der Waals surface area contributed by atoms with E-state index in [-0.39, 0.29) is 34.4 Å².